The first-order chi connectivity index (χ1) is 10.1. The first-order valence-electron chi connectivity index (χ1n) is 6.31. The molecule has 0 fully saturated rings. The molecule has 0 radical (unpaired) electrons. The van der Waals surface area contributed by atoms with Gasteiger partial charge in [-0.05, 0) is 30.5 Å². The number of fused-ring (bicyclic) bond motifs is 1. The number of amides is 1. The summed E-state index contributed by atoms with van der Waals surface area (Å²) >= 11 is 3.21. The molecular formula is C14H14N4OS2. The summed E-state index contributed by atoms with van der Waals surface area (Å²) in [6, 6.07) is 7.92. The van der Waals surface area contributed by atoms with Gasteiger partial charge in [0.2, 0.25) is 0 Å². The lowest BCUT2D eigenvalue weighted by molar-refractivity contribution is 0.0992. The van der Waals surface area contributed by atoms with Crippen LogP contribution in [-0.4, -0.2) is 26.5 Å². The van der Waals surface area contributed by atoms with Gasteiger partial charge >= 0.3 is 0 Å². The maximum atomic E-state index is 12.1. The van der Waals surface area contributed by atoms with Gasteiger partial charge in [-0.15, -0.1) is 11.8 Å². The van der Waals surface area contributed by atoms with Crippen molar-refractivity contribution in [1.82, 2.24) is 14.3 Å². The number of aromatic nitrogens is 3. The maximum absolute atomic E-state index is 12.1. The smallest absolute Gasteiger partial charge is 0.300 e. The topological polar surface area (TPSA) is 52.2 Å². The van der Waals surface area contributed by atoms with Gasteiger partial charge in [0.25, 0.3) is 5.91 Å². The molecule has 0 atom stereocenters. The fraction of sp³-hybridized carbons (Fsp3) is 0.214. The molecule has 0 aliphatic carbocycles. The molecule has 0 unspecified atom stereocenters. The number of benzene rings is 1. The Morgan fingerprint density at radius 1 is 1.33 bits per heavy atom. The van der Waals surface area contributed by atoms with E-state index in [1.54, 1.807) is 35.8 Å². The number of rotatable bonds is 2. The predicted molar refractivity (Wildman–Crippen MR) is 85.7 cm³/mol. The number of hydrogen-bond donors (Lipinski definition) is 0. The van der Waals surface area contributed by atoms with Crippen molar-refractivity contribution in [3.63, 3.8) is 0 Å². The van der Waals surface area contributed by atoms with Gasteiger partial charge in [0.15, 0.2) is 10.5 Å². The van der Waals surface area contributed by atoms with E-state index in [2.05, 4.69) is 28.3 Å². The van der Waals surface area contributed by atoms with Crippen LogP contribution < -0.4 is 4.80 Å². The largest absolute Gasteiger partial charge is 0.319 e. The summed E-state index contributed by atoms with van der Waals surface area (Å²) in [4.78, 5) is 18.2. The molecule has 3 rings (SSSR count). The van der Waals surface area contributed by atoms with Crippen molar-refractivity contribution in [3.05, 3.63) is 41.0 Å². The minimum absolute atomic E-state index is 0.317. The lowest BCUT2D eigenvalue weighted by Gasteiger charge is -1.97. The van der Waals surface area contributed by atoms with Crippen LogP contribution in [0.1, 0.15) is 10.5 Å². The van der Waals surface area contributed by atoms with Gasteiger partial charge in [-0.3, -0.25) is 9.48 Å². The van der Waals surface area contributed by atoms with Crippen molar-refractivity contribution in [2.75, 3.05) is 6.26 Å². The fourth-order valence-corrected chi connectivity index (χ4v) is 3.59. The zero-order chi connectivity index (χ0) is 15.0. The molecule has 1 amide bonds. The number of carbonyl (C=O) groups is 1. The Bertz CT molecular complexity index is 888. The molecule has 0 saturated heterocycles. The fourth-order valence-electron chi connectivity index (χ4n) is 2.02. The van der Waals surface area contributed by atoms with E-state index in [9.17, 15) is 4.79 Å². The van der Waals surface area contributed by atoms with E-state index in [-0.39, 0.29) is 5.91 Å². The van der Waals surface area contributed by atoms with Crippen molar-refractivity contribution in [3.8, 4) is 0 Å². The second-order valence-corrected chi connectivity index (χ2v) is 6.46. The summed E-state index contributed by atoms with van der Waals surface area (Å²) in [5.41, 5.74) is 1.44. The van der Waals surface area contributed by atoms with Crippen LogP contribution >= 0.6 is 23.1 Å². The Morgan fingerprint density at radius 3 is 2.81 bits per heavy atom. The number of hydrogen-bond acceptors (Lipinski definition) is 4. The molecule has 0 bridgehead atoms. The van der Waals surface area contributed by atoms with Crippen LogP contribution in [0.2, 0.25) is 0 Å². The van der Waals surface area contributed by atoms with Crippen LogP contribution in [0.5, 0.6) is 0 Å². The quantitative estimate of drug-likeness (QED) is 0.682. The van der Waals surface area contributed by atoms with E-state index >= 15 is 0 Å². The van der Waals surface area contributed by atoms with Crippen molar-refractivity contribution in [2.45, 2.75) is 4.90 Å². The van der Waals surface area contributed by atoms with Crippen molar-refractivity contribution < 1.29 is 4.79 Å². The average Bonchev–Trinajstić information content (AvgIpc) is 3.03. The highest BCUT2D eigenvalue weighted by atomic mass is 32.2. The van der Waals surface area contributed by atoms with Crippen LogP contribution in [0.25, 0.3) is 10.2 Å². The molecule has 0 aliphatic heterocycles. The second kappa shape index (κ2) is 5.50. The van der Waals surface area contributed by atoms with Crippen LogP contribution in [0.4, 0.5) is 0 Å². The van der Waals surface area contributed by atoms with Crippen molar-refractivity contribution in [1.29, 1.82) is 0 Å². The lowest BCUT2D eigenvalue weighted by Crippen LogP contribution is -2.13. The van der Waals surface area contributed by atoms with Crippen LogP contribution in [0.3, 0.4) is 0 Å². The highest BCUT2D eigenvalue weighted by Gasteiger charge is 2.09. The molecule has 0 N–H and O–H groups in total. The molecule has 108 valence electrons. The molecule has 0 saturated carbocycles. The molecule has 5 nitrogen and oxygen atoms in total. The van der Waals surface area contributed by atoms with E-state index in [0.717, 1.165) is 10.2 Å². The Kier molecular flexibility index (Phi) is 3.69. The summed E-state index contributed by atoms with van der Waals surface area (Å²) in [6.45, 7) is 0. The Labute approximate surface area is 129 Å². The number of aryl methyl sites for hydroxylation is 2. The molecule has 2 aromatic heterocycles. The van der Waals surface area contributed by atoms with Gasteiger partial charge in [0.1, 0.15) is 0 Å². The van der Waals surface area contributed by atoms with Gasteiger partial charge in [0, 0.05) is 25.2 Å². The minimum Gasteiger partial charge on any atom is -0.319 e. The monoisotopic (exact) mass is 318 g/mol. The van der Waals surface area contributed by atoms with E-state index in [1.165, 1.54) is 16.2 Å². The molecule has 0 aliphatic rings. The summed E-state index contributed by atoms with van der Waals surface area (Å²) < 4.78 is 4.65. The molecule has 2 heterocycles. The summed E-state index contributed by atoms with van der Waals surface area (Å²) in [7, 11) is 3.70. The SMILES string of the molecule is CSc1ccc2c(c1)sc(=NC(=O)c1ccn(C)n1)n2C. The molecule has 1 aromatic carbocycles. The van der Waals surface area contributed by atoms with Crippen LogP contribution in [0.15, 0.2) is 40.4 Å². The van der Waals surface area contributed by atoms with Gasteiger partial charge in [-0.2, -0.15) is 10.1 Å². The van der Waals surface area contributed by atoms with E-state index in [1.807, 2.05) is 17.9 Å². The van der Waals surface area contributed by atoms with E-state index in [0.29, 0.717) is 10.5 Å². The van der Waals surface area contributed by atoms with Gasteiger partial charge in [0.05, 0.1) is 10.2 Å². The van der Waals surface area contributed by atoms with E-state index in [4.69, 9.17) is 0 Å². The zero-order valence-electron chi connectivity index (χ0n) is 11.9. The Hall–Kier alpha value is -1.86. The molecule has 0 spiro atoms. The third-order valence-electron chi connectivity index (χ3n) is 3.15. The van der Waals surface area contributed by atoms with Crippen molar-refractivity contribution >= 4 is 39.2 Å². The average molecular weight is 318 g/mol. The summed E-state index contributed by atoms with van der Waals surface area (Å²) in [5, 5.41) is 4.08. The summed E-state index contributed by atoms with van der Waals surface area (Å²) in [5.74, 6) is -0.317. The highest BCUT2D eigenvalue weighted by molar-refractivity contribution is 7.98. The highest BCUT2D eigenvalue weighted by Crippen LogP contribution is 2.23. The van der Waals surface area contributed by atoms with Gasteiger partial charge < -0.3 is 4.57 Å². The maximum Gasteiger partial charge on any atom is 0.300 e. The minimum atomic E-state index is -0.317. The number of nitrogens with zero attached hydrogens (tertiary/aromatic N) is 4. The summed E-state index contributed by atoms with van der Waals surface area (Å²) in [6.07, 6.45) is 3.78. The third-order valence-corrected chi connectivity index (χ3v) is 4.97. The molecule has 21 heavy (non-hydrogen) atoms. The molecule has 7 heteroatoms. The van der Waals surface area contributed by atoms with E-state index < -0.39 is 0 Å². The van der Waals surface area contributed by atoms with Gasteiger partial charge in [-0.1, -0.05) is 11.3 Å². The predicted octanol–water partition coefficient (Wildman–Crippen LogP) is 2.44. The third kappa shape index (κ3) is 2.66. The second-order valence-electron chi connectivity index (χ2n) is 4.57. The first-order valence-corrected chi connectivity index (χ1v) is 8.35. The molecular weight excluding hydrogens is 304 g/mol. The molecule has 3 aromatic rings. The number of carbonyl (C=O) groups excluding carboxylic acids is 1. The van der Waals surface area contributed by atoms with Crippen LogP contribution in [0, 0.1) is 0 Å². The Morgan fingerprint density at radius 2 is 2.14 bits per heavy atom. The first kappa shape index (κ1) is 14.1. The zero-order valence-corrected chi connectivity index (χ0v) is 13.5. The Balaban J connectivity index is 2.09. The van der Waals surface area contributed by atoms with Crippen LogP contribution in [-0.2, 0) is 14.1 Å². The van der Waals surface area contributed by atoms with Gasteiger partial charge in [-0.25, -0.2) is 0 Å². The number of thiazole rings is 1. The normalized spacial score (nSPS) is 12.2. The number of thioether (sulfide) groups is 1. The standard InChI is InChI=1S/C14H14N4OS2/c1-17-7-6-10(16-17)13(19)15-14-18(2)11-5-4-9(20-3)8-12(11)21-14/h4-8H,1-3H3. The van der Waals surface area contributed by atoms with Crippen molar-refractivity contribution in [2.24, 2.45) is 19.1 Å². The lowest BCUT2D eigenvalue weighted by atomic mass is 10.3.